The van der Waals surface area contributed by atoms with E-state index in [1.807, 2.05) is 61.5 Å². The molecule has 0 aliphatic rings. The van der Waals surface area contributed by atoms with E-state index in [9.17, 15) is 9.59 Å². The first-order valence-corrected chi connectivity index (χ1v) is 12.2. The largest absolute Gasteiger partial charge is 0.352 e. The minimum atomic E-state index is -0.0936. The van der Waals surface area contributed by atoms with Crippen molar-refractivity contribution in [1.29, 1.82) is 0 Å². The van der Waals surface area contributed by atoms with Crippen LogP contribution in [-0.2, 0) is 12.3 Å². The maximum absolute atomic E-state index is 13.3. The maximum Gasteiger partial charge on any atom is 0.262 e. The predicted molar refractivity (Wildman–Crippen MR) is 135 cm³/mol. The number of hydrogen-bond donors (Lipinski definition) is 1. The van der Waals surface area contributed by atoms with E-state index in [1.54, 1.807) is 22.8 Å². The summed E-state index contributed by atoms with van der Waals surface area (Å²) in [7, 11) is 0. The number of carbonyl (C=O) groups excluding carboxylic acids is 1. The second-order valence-electron chi connectivity index (χ2n) is 7.64. The van der Waals surface area contributed by atoms with E-state index in [0.717, 1.165) is 17.5 Å². The van der Waals surface area contributed by atoms with Crippen molar-refractivity contribution >= 4 is 40.2 Å². The van der Waals surface area contributed by atoms with Gasteiger partial charge in [-0.1, -0.05) is 72.8 Å². The fourth-order valence-corrected chi connectivity index (χ4v) is 4.72. The van der Waals surface area contributed by atoms with Crippen molar-refractivity contribution in [3.05, 3.63) is 105 Å². The molecule has 0 aliphatic heterocycles. The zero-order valence-corrected chi connectivity index (χ0v) is 19.8. The Balaban J connectivity index is 1.65. The highest BCUT2D eigenvalue weighted by atomic mass is 35.5. The van der Waals surface area contributed by atoms with Gasteiger partial charge in [0.05, 0.1) is 17.4 Å². The van der Waals surface area contributed by atoms with Crippen LogP contribution in [0, 0.1) is 0 Å². The molecule has 0 fully saturated rings. The van der Waals surface area contributed by atoms with Crippen molar-refractivity contribution in [3.63, 3.8) is 0 Å². The lowest BCUT2D eigenvalue weighted by Crippen LogP contribution is -2.25. The van der Waals surface area contributed by atoms with Crippen molar-refractivity contribution in [3.8, 4) is 0 Å². The summed E-state index contributed by atoms with van der Waals surface area (Å²) in [6.07, 6.45) is 0.885. The van der Waals surface area contributed by atoms with Gasteiger partial charge in [-0.2, -0.15) is 0 Å². The van der Waals surface area contributed by atoms with E-state index >= 15 is 0 Å². The fourth-order valence-electron chi connectivity index (χ4n) is 3.44. The van der Waals surface area contributed by atoms with Crippen LogP contribution < -0.4 is 10.9 Å². The molecule has 0 saturated carbocycles. The summed E-state index contributed by atoms with van der Waals surface area (Å²) in [6.45, 7) is 3.02. The molecule has 168 valence electrons. The lowest BCUT2D eigenvalue weighted by Gasteiger charge is -2.14. The topological polar surface area (TPSA) is 64.0 Å². The van der Waals surface area contributed by atoms with Crippen LogP contribution in [0.1, 0.15) is 34.8 Å². The first-order valence-electron chi connectivity index (χ1n) is 10.8. The smallest absolute Gasteiger partial charge is 0.262 e. The molecule has 7 heteroatoms. The molecular formula is C26H24ClN3O2S. The number of aromatic nitrogens is 2. The Hall–Kier alpha value is -3.09. The molecule has 0 radical (unpaired) electrons. The number of nitrogens with zero attached hydrogens (tertiary/aromatic N) is 2. The number of fused-ring (bicyclic) bond motifs is 1. The minimum absolute atomic E-state index is 0.0907. The van der Waals surface area contributed by atoms with Gasteiger partial charge in [0.2, 0.25) is 0 Å². The molecule has 5 nitrogen and oxygen atoms in total. The van der Waals surface area contributed by atoms with Crippen LogP contribution in [0.25, 0.3) is 10.9 Å². The fraction of sp³-hybridized carbons (Fsp3) is 0.192. The summed E-state index contributed by atoms with van der Waals surface area (Å²) in [5.74, 6) is 0.505. The van der Waals surface area contributed by atoms with Gasteiger partial charge < -0.3 is 5.32 Å². The SMILES string of the molecule is CCCNC(=O)c1ccc(Cn2c(SCc3ccccc3Cl)nc3ccccc3c2=O)cc1. The molecule has 0 saturated heterocycles. The van der Waals surface area contributed by atoms with E-state index in [0.29, 0.717) is 45.5 Å². The molecule has 0 aliphatic carbocycles. The number of hydrogen-bond acceptors (Lipinski definition) is 4. The van der Waals surface area contributed by atoms with Gasteiger partial charge in [-0.25, -0.2) is 4.98 Å². The van der Waals surface area contributed by atoms with Crippen LogP contribution in [0.2, 0.25) is 5.02 Å². The molecule has 3 aromatic carbocycles. The Morgan fingerprint density at radius 3 is 2.52 bits per heavy atom. The van der Waals surface area contributed by atoms with Crippen LogP contribution in [-0.4, -0.2) is 22.0 Å². The number of carbonyl (C=O) groups is 1. The third kappa shape index (κ3) is 5.46. The molecule has 0 unspecified atom stereocenters. The molecule has 1 heterocycles. The zero-order valence-electron chi connectivity index (χ0n) is 18.3. The second kappa shape index (κ2) is 10.7. The van der Waals surface area contributed by atoms with Crippen molar-refractivity contribution in [1.82, 2.24) is 14.9 Å². The van der Waals surface area contributed by atoms with Crippen LogP contribution >= 0.6 is 23.4 Å². The Morgan fingerprint density at radius 2 is 1.76 bits per heavy atom. The monoisotopic (exact) mass is 477 g/mol. The molecule has 1 amide bonds. The third-order valence-corrected chi connectivity index (χ3v) is 6.63. The van der Waals surface area contributed by atoms with Gasteiger partial charge in [-0.15, -0.1) is 0 Å². The number of benzene rings is 3. The van der Waals surface area contributed by atoms with Gasteiger partial charge in [-0.3, -0.25) is 14.2 Å². The van der Waals surface area contributed by atoms with E-state index < -0.39 is 0 Å². The van der Waals surface area contributed by atoms with Crippen LogP contribution in [0.5, 0.6) is 0 Å². The molecule has 0 atom stereocenters. The Kier molecular flexibility index (Phi) is 7.47. The van der Waals surface area contributed by atoms with Gasteiger partial charge >= 0.3 is 0 Å². The van der Waals surface area contributed by atoms with Crippen molar-refractivity contribution in [2.75, 3.05) is 6.54 Å². The first-order chi connectivity index (χ1) is 16.1. The van der Waals surface area contributed by atoms with Gasteiger partial charge in [0, 0.05) is 22.9 Å². The number of thioether (sulfide) groups is 1. The molecule has 0 bridgehead atoms. The van der Waals surface area contributed by atoms with Crippen molar-refractivity contribution in [2.45, 2.75) is 30.8 Å². The number of halogens is 1. The number of nitrogens with one attached hydrogen (secondary N) is 1. The maximum atomic E-state index is 13.3. The molecular weight excluding hydrogens is 454 g/mol. The van der Waals surface area contributed by atoms with Gasteiger partial charge in [0.25, 0.3) is 11.5 Å². The highest BCUT2D eigenvalue weighted by Gasteiger charge is 2.13. The van der Waals surface area contributed by atoms with Crippen LogP contribution in [0.3, 0.4) is 0 Å². The van der Waals surface area contributed by atoms with Crippen molar-refractivity contribution in [2.24, 2.45) is 0 Å². The standard InChI is InChI=1S/C26H24ClN3O2S/c1-2-15-28-24(31)19-13-11-18(12-14-19)16-30-25(32)21-8-4-6-10-23(21)29-26(30)33-17-20-7-3-5-9-22(20)27/h3-14H,2,15-17H2,1H3,(H,28,31). The highest BCUT2D eigenvalue weighted by molar-refractivity contribution is 7.98. The average molecular weight is 478 g/mol. The molecule has 1 N–H and O–H groups in total. The van der Waals surface area contributed by atoms with Crippen LogP contribution in [0.15, 0.2) is 82.7 Å². The molecule has 4 aromatic rings. The van der Waals surface area contributed by atoms with Gasteiger partial charge in [0.1, 0.15) is 0 Å². The van der Waals surface area contributed by atoms with E-state index in [-0.39, 0.29) is 11.5 Å². The predicted octanol–water partition coefficient (Wildman–Crippen LogP) is 5.53. The van der Waals surface area contributed by atoms with E-state index in [4.69, 9.17) is 16.6 Å². The summed E-state index contributed by atoms with van der Waals surface area (Å²) in [4.78, 5) is 30.3. The first kappa shape index (κ1) is 23.1. The molecule has 0 spiro atoms. The third-order valence-electron chi connectivity index (χ3n) is 5.23. The Bertz CT molecular complexity index is 1340. The lowest BCUT2D eigenvalue weighted by atomic mass is 10.1. The quantitative estimate of drug-likeness (QED) is 0.267. The molecule has 1 aromatic heterocycles. The van der Waals surface area contributed by atoms with Crippen LogP contribution in [0.4, 0.5) is 0 Å². The number of amides is 1. The molecule has 33 heavy (non-hydrogen) atoms. The Labute approximate surface area is 201 Å². The lowest BCUT2D eigenvalue weighted by molar-refractivity contribution is 0.0953. The summed E-state index contributed by atoms with van der Waals surface area (Å²) < 4.78 is 1.69. The summed E-state index contributed by atoms with van der Waals surface area (Å²) in [6, 6.07) is 22.4. The number of rotatable bonds is 8. The zero-order chi connectivity index (χ0) is 23.2. The Morgan fingerprint density at radius 1 is 1.03 bits per heavy atom. The summed E-state index contributed by atoms with van der Waals surface area (Å²) >= 11 is 7.81. The van der Waals surface area contributed by atoms with E-state index in [2.05, 4.69) is 5.32 Å². The number of para-hydroxylation sites is 1. The van der Waals surface area contributed by atoms with E-state index in [1.165, 1.54) is 11.8 Å². The minimum Gasteiger partial charge on any atom is -0.352 e. The summed E-state index contributed by atoms with van der Waals surface area (Å²) in [5.41, 5.74) is 3.08. The normalized spacial score (nSPS) is 11.0. The molecule has 4 rings (SSSR count). The van der Waals surface area contributed by atoms with Crippen molar-refractivity contribution < 1.29 is 4.79 Å². The highest BCUT2D eigenvalue weighted by Crippen LogP contribution is 2.26. The van der Waals surface area contributed by atoms with Gasteiger partial charge in [0.15, 0.2) is 5.16 Å². The summed E-state index contributed by atoms with van der Waals surface area (Å²) in [5, 5.41) is 4.77. The van der Waals surface area contributed by atoms with Gasteiger partial charge in [-0.05, 0) is 47.9 Å². The average Bonchev–Trinajstić information content (AvgIpc) is 2.84. The second-order valence-corrected chi connectivity index (χ2v) is 8.99.